The molecule has 2 unspecified atom stereocenters. The Kier molecular flexibility index (Phi) is 4.83. The van der Waals surface area contributed by atoms with Crippen molar-refractivity contribution in [2.45, 2.75) is 19.8 Å². The van der Waals surface area contributed by atoms with E-state index in [9.17, 15) is 0 Å². The molecule has 2 atom stereocenters. The van der Waals surface area contributed by atoms with E-state index in [0.717, 1.165) is 28.2 Å². The highest BCUT2D eigenvalue weighted by Gasteiger charge is 2.06. The molecule has 4 heteroatoms. The van der Waals surface area contributed by atoms with Gasteiger partial charge in [0.2, 0.25) is 0 Å². The lowest BCUT2D eigenvalue weighted by Gasteiger charge is -2.07. The van der Waals surface area contributed by atoms with Crippen molar-refractivity contribution in [3.05, 3.63) is 24.3 Å². The quantitative estimate of drug-likeness (QED) is 0.613. The van der Waals surface area contributed by atoms with E-state index in [2.05, 4.69) is 19.7 Å². The van der Waals surface area contributed by atoms with Gasteiger partial charge >= 0.3 is 0 Å². The predicted molar refractivity (Wildman–Crippen MR) is 81.1 cm³/mol. The monoisotopic (exact) mass is 264 g/mol. The number of benzene rings is 1. The number of rotatable bonds is 5. The molecule has 0 fully saturated rings. The summed E-state index contributed by atoms with van der Waals surface area (Å²) in [6.07, 6.45) is 3.80. The highest BCUT2D eigenvalue weighted by molar-refractivity contribution is 7.53. The third kappa shape index (κ3) is 3.21. The summed E-state index contributed by atoms with van der Waals surface area (Å²) >= 11 is 0. The van der Waals surface area contributed by atoms with Crippen LogP contribution in [0.3, 0.4) is 0 Å². The number of aromatic nitrogens is 2. The first-order valence-corrected chi connectivity index (χ1v) is 8.74. The van der Waals surface area contributed by atoms with Crippen LogP contribution in [0.4, 0.5) is 0 Å². The molecule has 0 amide bonds. The first-order chi connectivity index (χ1) is 8.35. The van der Waals surface area contributed by atoms with Gasteiger partial charge in [-0.25, -0.2) is 9.97 Å². The predicted octanol–water partition coefficient (Wildman–Crippen LogP) is 2.67. The van der Waals surface area contributed by atoms with E-state index in [0.29, 0.717) is 0 Å². The minimum atomic E-state index is 0.737. The third-order valence-electron chi connectivity index (χ3n) is 2.63. The lowest BCUT2D eigenvalue weighted by molar-refractivity contribution is 0.895. The van der Waals surface area contributed by atoms with E-state index in [1.807, 2.05) is 18.2 Å². The van der Waals surface area contributed by atoms with Crippen LogP contribution in [-0.2, 0) is 0 Å². The maximum Gasteiger partial charge on any atom is 0.0894 e. The Morgan fingerprint density at radius 2 is 1.71 bits per heavy atom. The summed E-state index contributed by atoms with van der Waals surface area (Å²) < 4.78 is 0. The molecular weight excluding hydrogens is 246 g/mol. The zero-order valence-electron chi connectivity index (χ0n) is 10.3. The Hall–Kier alpha value is -0.580. The van der Waals surface area contributed by atoms with Crippen molar-refractivity contribution in [3.8, 4) is 0 Å². The number of unbranched alkanes of at least 4 members (excludes halogenated alkanes) is 1. The van der Waals surface area contributed by atoms with Crippen LogP contribution >= 0.6 is 17.2 Å². The molecule has 1 heterocycles. The number of para-hydroxylation sites is 2. The molecule has 1 aromatic heterocycles. The van der Waals surface area contributed by atoms with Crippen molar-refractivity contribution in [2.75, 3.05) is 12.8 Å². The van der Waals surface area contributed by atoms with Crippen LogP contribution in [0, 0.1) is 0 Å². The van der Waals surface area contributed by atoms with Gasteiger partial charge in [0.05, 0.1) is 21.9 Å². The zero-order chi connectivity index (χ0) is 12.1. The molecule has 0 aliphatic rings. The van der Waals surface area contributed by atoms with Gasteiger partial charge in [-0.3, -0.25) is 0 Å². The summed E-state index contributed by atoms with van der Waals surface area (Å²) in [6, 6.07) is 8.16. The van der Waals surface area contributed by atoms with Crippen LogP contribution in [0.25, 0.3) is 11.0 Å². The molecule has 0 aliphatic carbocycles. The molecule has 0 radical (unpaired) electrons. The lowest BCUT2D eigenvalue weighted by atomic mass is 10.3. The summed E-state index contributed by atoms with van der Waals surface area (Å²) in [5.41, 5.74) is 4.51. The van der Waals surface area contributed by atoms with E-state index < -0.39 is 0 Å². The van der Waals surface area contributed by atoms with Crippen LogP contribution in [0.15, 0.2) is 24.3 Å². The van der Waals surface area contributed by atoms with E-state index in [1.54, 1.807) is 0 Å². The van der Waals surface area contributed by atoms with Crippen LogP contribution < -0.4 is 10.9 Å². The minimum Gasteiger partial charge on any atom is -0.244 e. The highest BCUT2D eigenvalue weighted by Crippen LogP contribution is 2.16. The van der Waals surface area contributed by atoms with Crippen LogP contribution in [0.1, 0.15) is 19.8 Å². The lowest BCUT2D eigenvalue weighted by Crippen LogP contribution is -2.23. The molecule has 2 aromatic rings. The average Bonchev–Trinajstić information content (AvgIpc) is 2.38. The van der Waals surface area contributed by atoms with Gasteiger partial charge in [0.15, 0.2) is 0 Å². The molecule has 0 saturated carbocycles. The van der Waals surface area contributed by atoms with Gasteiger partial charge in [-0.15, -0.1) is 0 Å². The van der Waals surface area contributed by atoms with Crippen molar-refractivity contribution in [3.63, 3.8) is 0 Å². The van der Waals surface area contributed by atoms with Crippen molar-refractivity contribution in [1.82, 2.24) is 9.97 Å². The average molecular weight is 264 g/mol. The second-order valence-corrected chi connectivity index (χ2v) is 6.24. The van der Waals surface area contributed by atoms with E-state index in [4.69, 9.17) is 9.97 Å². The second-order valence-electron chi connectivity index (χ2n) is 3.94. The number of hydrogen-bond donors (Lipinski definition) is 0. The Balaban J connectivity index is 2.32. The van der Waals surface area contributed by atoms with Crippen LogP contribution in [0.5, 0.6) is 0 Å². The zero-order valence-corrected chi connectivity index (χ0v) is 12.3. The fourth-order valence-corrected chi connectivity index (χ4v) is 4.04. The topological polar surface area (TPSA) is 25.8 Å². The normalized spacial score (nSPS) is 12.4. The Labute approximate surface area is 106 Å². The fourth-order valence-electron chi connectivity index (χ4n) is 1.68. The molecule has 0 spiro atoms. The van der Waals surface area contributed by atoms with E-state index >= 15 is 0 Å². The molecule has 17 heavy (non-hydrogen) atoms. The van der Waals surface area contributed by atoms with Gasteiger partial charge in [0.1, 0.15) is 0 Å². The van der Waals surface area contributed by atoms with Gasteiger partial charge in [-0.05, 0) is 31.4 Å². The Bertz CT molecular complexity index is 500. The molecular formula is C13H18N2P2. The number of nitrogens with zero attached hydrogens (tertiary/aromatic N) is 2. The van der Waals surface area contributed by atoms with Gasteiger partial charge < -0.3 is 0 Å². The van der Waals surface area contributed by atoms with Gasteiger partial charge in [0.25, 0.3) is 0 Å². The standard InChI is InChI=1S/C13H18N2P2/c1-3-4-9-17-13-12(16-2)14-10-7-5-6-8-11(10)15-13/h5-8,16-17H,3-4,9H2,1-2H3. The van der Waals surface area contributed by atoms with Crippen molar-refractivity contribution >= 4 is 39.1 Å². The van der Waals surface area contributed by atoms with E-state index in [1.165, 1.54) is 29.9 Å². The van der Waals surface area contributed by atoms with Crippen molar-refractivity contribution in [2.24, 2.45) is 0 Å². The maximum absolute atomic E-state index is 4.77. The summed E-state index contributed by atoms with van der Waals surface area (Å²) in [4.78, 5) is 9.50. The smallest absolute Gasteiger partial charge is 0.0894 e. The van der Waals surface area contributed by atoms with Gasteiger partial charge in [-0.2, -0.15) is 0 Å². The van der Waals surface area contributed by atoms with Crippen molar-refractivity contribution < 1.29 is 0 Å². The minimum absolute atomic E-state index is 0.737. The summed E-state index contributed by atoms with van der Waals surface area (Å²) in [5, 5.41) is 0. The molecule has 1 aromatic carbocycles. The first-order valence-electron chi connectivity index (χ1n) is 6.03. The SMILES string of the molecule is CCCCPc1nc2ccccc2nc1PC. The summed E-state index contributed by atoms with van der Waals surface area (Å²) in [5.74, 6) is 0. The molecule has 0 N–H and O–H groups in total. The van der Waals surface area contributed by atoms with Gasteiger partial charge in [-0.1, -0.05) is 42.6 Å². The number of hydrogen-bond acceptors (Lipinski definition) is 2. The van der Waals surface area contributed by atoms with Crippen molar-refractivity contribution in [1.29, 1.82) is 0 Å². The second kappa shape index (κ2) is 6.38. The largest absolute Gasteiger partial charge is 0.244 e. The molecule has 0 aliphatic heterocycles. The number of fused-ring (bicyclic) bond motifs is 1. The Morgan fingerprint density at radius 1 is 1.06 bits per heavy atom. The van der Waals surface area contributed by atoms with E-state index in [-0.39, 0.29) is 0 Å². The molecule has 90 valence electrons. The molecule has 0 bridgehead atoms. The highest BCUT2D eigenvalue weighted by atomic mass is 31.1. The summed E-state index contributed by atoms with van der Waals surface area (Å²) in [6.45, 7) is 4.42. The fraction of sp³-hybridized carbons (Fsp3) is 0.385. The first kappa shape index (κ1) is 12.9. The third-order valence-corrected chi connectivity index (χ3v) is 4.99. The molecule has 0 saturated heterocycles. The van der Waals surface area contributed by atoms with Crippen LogP contribution in [0.2, 0.25) is 0 Å². The maximum atomic E-state index is 4.77. The molecule has 2 nitrogen and oxygen atoms in total. The van der Waals surface area contributed by atoms with Crippen LogP contribution in [-0.4, -0.2) is 22.8 Å². The molecule has 2 rings (SSSR count). The Morgan fingerprint density at radius 3 is 2.29 bits per heavy atom. The van der Waals surface area contributed by atoms with Gasteiger partial charge in [0, 0.05) is 0 Å². The summed E-state index contributed by atoms with van der Waals surface area (Å²) in [7, 11) is 1.55.